The first kappa shape index (κ1) is 12.2. The molecule has 0 bridgehead atoms. The fraction of sp³-hybridized carbons (Fsp3) is 0. The summed E-state index contributed by atoms with van der Waals surface area (Å²) < 4.78 is 0. The Labute approximate surface area is 117 Å². The van der Waals surface area contributed by atoms with Crippen LogP contribution in [0.2, 0.25) is 0 Å². The van der Waals surface area contributed by atoms with Crippen LogP contribution in [0.15, 0.2) is 89.4 Å². The molecule has 1 heterocycles. The minimum atomic E-state index is 0.839. The van der Waals surface area contributed by atoms with Crippen molar-refractivity contribution in [3.8, 4) is 11.1 Å². The summed E-state index contributed by atoms with van der Waals surface area (Å²) in [5.74, 6) is 0. The van der Waals surface area contributed by atoms with Gasteiger partial charge in [-0.1, -0.05) is 30.3 Å². The highest BCUT2D eigenvalue weighted by Gasteiger charge is 1.96. The first-order valence-electron chi connectivity index (χ1n) is 6.39. The monoisotopic (exact) mass is 259 g/mol. The van der Waals surface area contributed by atoms with Gasteiger partial charge in [0.25, 0.3) is 0 Å². The fourth-order valence-corrected chi connectivity index (χ4v) is 1.88. The molecular formula is C17H13N3. The van der Waals surface area contributed by atoms with Gasteiger partial charge in [-0.2, -0.15) is 10.2 Å². The van der Waals surface area contributed by atoms with Gasteiger partial charge >= 0.3 is 0 Å². The van der Waals surface area contributed by atoms with E-state index in [0.717, 1.165) is 22.5 Å². The Bertz CT molecular complexity index is 689. The lowest BCUT2D eigenvalue weighted by molar-refractivity contribution is 1.23. The number of rotatable bonds is 3. The van der Waals surface area contributed by atoms with Crippen molar-refractivity contribution in [3.05, 3.63) is 79.1 Å². The van der Waals surface area contributed by atoms with Crippen LogP contribution < -0.4 is 0 Å². The molecule has 0 saturated heterocycles. The molecule has 0 fully saturated rings. The second-order valence-electron chi connectivity index (χ2n) is 4.32. The zero-order valence-corrected chi connectivity index (χ0v) is 10.8. The molecule has 0 unspecified atom stereocenters. The molecule has 1 aromatic heterocycles. The van der Waals surface area contributed by atoms with Crippen molar-refractivity contribution >= 4 is 11.4 Å². The zero-order valence-electron chi connectivity index (χ0n) is 10.8. The molecule has 0 N–H and O–H groups in total. The van der Waals surface area contributed by atoms with Gasteiger partial charge in [0.15, 0.2) is 0 Å². The highest BCUT2D eigenvalue weighted by molar-refractivity contribution is 5.64. The highest BCUT2D eigenvalue weighted by Crippen LogP contribution is 2.23. The topological polar surface area (TPSA) is 37.6 Å². The predicted octanol–water partition coefficient (Wildman–Crippen LogP) is 5.16. The lowest BCUT2D eigenvalue weighted by Gasteiger charge is -2.00. The zero-order chi connectivity index (χ0) is 13.6. The molecule has 3 aromatic rings. The molecular weight excluding hydrogens is 246 g/mol. The minimum Gasteiger partial charge on any atom is -0.265 e. The van der Waals surface area contributed by atoms with E-state index in [4.69, 9.17) is 0 Å². The van der Waals surface area contributed by atoms with E-state index in [1.807, 2.05) is 66.7 Å². The second-order valence-corrected chi connectivity index (χ2v) is 4.32. The number of hydrogen-bond acceptors (Lipinski definition) is 3. The molecule has 0 spiro atoms. The number of aromatic nitrogens is 1. The van der Waals surface area contributed by atoms with Gasteiger partial charge in [0.05, 0.1) is 11.4 Å². The molecule has 2 aromatic carbocycles. The molecule has 0 saturated carbocycles. The van der Waals surface area contributed by atoms with Crippen molar-refractivity contribution < 1.29 is 0 Å². The van der Waals surface area contributed by atoms with E-state index in [0.29, 0.717) is 0 Å². The average Bonchev–Trinajstić information content (AvgIpc) is 2.55. The van der Waals surface area contributed by atoms with Crippen molar-refractivity contribution in [1.82, 2.24) is 4.98 Å². The van der Waals surface area contributed by atoms with Crippen molar-refractivity contribution in [1.29, 1.82) is 0 Å². The summed E-state index contributed by atoms with van der Waals surface area (Å²) in [5.41, 5.74) is 3.98. The number of nitrogens with zero attached hydrogens (tertiary/aromatic N) is 3. The van der Waals surface area contributed by atoms with Crippen LogP contribution >= 0.6 is 0 Å². The Kier molecular flexibility index (Phi) is 3.60. The maximum absolute atomic E-state index is 4.22. The van der Waals surface area contributed by atoms with Crippen LogP contribution in [0.3, 0.4) is 0 Å². The van der Waals surface area contributed by atoms with Crippen molar-refractivity contribution in [2.75, 3.05) is 0 Å². The van der Waals surface area contributed by atoms with Crippen LogP contribution in [-0.2, 0) is 0 Å². The first-order valence-corrected chi connectivity index (χ1v) is 6.39. The third-order valence-electron chi connectivity index (χ3n) is 2.92. The van der Waals surface area contributed by atoms with Crippen molar-refractivity contribution in [2.45, 2.75) is 0 Å². The van der Waals surface area contributed by atoms with Gasteiger partial charge in [-0.25, -0.2) is 0 Å². The Balaban J connectivity index is 1.79. The molecule has 0 radical (unpaired) electrons. The molecule has 0 atom stereocenters. The van der Waals surface area contributed by atoms with E-state index in [9.17, 15) is 0 Å². The van der Waals surface area contributed by atoms with E-state index < -0.39 is 0 Å². The smallest absolute Gasteiger partial charge is 0.0857 e. The third kappa shape index (κ3) is 2.95. The number of pyridine rings is 1. The van der Waals surface area contributed by atoms with Crippen LogP contribution in [0.25, 0.3) is 11.1 Å². The van der Waals surface area contributed by atoms with Crippen LogP contribution in [0.5, 0.6) is 0 Å². The van der Waals surface area contributed by atoms with Gasteiger partial charge in [0, 0.05) is 12.4 Å². The molecule has 0 aliphatic rings. The quantitative estimate of drug-likeness (QED) is 0.598. The Hall–Kier alpha value is -2.81. The Morgan fingerprint density at radius 3 is 1.75 bits per heavy atom. The van der Waals surface area contributed by atoms with Gasteiger partial charge in [0.2, 0.25) is 0 Å². The lowest BCUT2D eigenvalue weighted by Crippen LogP contribution is -1.77. The van der Waals surface area contributed by atoms with E-state index in [-0.39, 0.29) is 0 Å². The summed E-state index contributed by atoms with van der Waals surface area (Å²) in [6, 6.07) is 21.7. The summed E-state index contributed by atoms with van der Waals surface area (Å²) in [6.07, 6.45) is 3.58. The summed E-state index contributed by atoms with van der Waals surface area (Å²) in [7, 11) is 0. The van der Waals surface area contributed by atoms with Gasteiger partial charge in [0.1, 0.15) is 0 Å². The molecule has 3 nitrogen and oxygen atoms in total. The molecule has 3 heteroatoms. The van der Waals surface area contributed by atoms with E-state index >= 15 is 0 Å². The maximum Gasteiger partial charge on any atom is 0.0857 e. The van der Waals surface area contributed by atoms with Crippen LogP contribution in [0.1, 0.15) is 0 Å². The lowest BCUT2D eigenvalue weighted by atomic mass is 10.1. The summed E-state index contributed by atoms with van der Waals surface area (Å²) in [5, 5.41) is 8.42. The van der Waals surface area contributed by atoms with Gasteiger partial charge < -0.3 is 0 Å². The molecule has 3 rings (SSSR count). The normalized spacial score (nSPS) is 10.8. The first-order chi connectivity index (χ1) is 9.92. The molecule has 0 aliphatic heterocycles. The fourth-order valence-electron chi connectivity index (χ4n) is 1.88. The molecule has 0 amide bonds. The molecule has 0 aliphatic carbocycles. The minimum absolute atomic E-state index is 0.839. The van der Waals surface area contributed by atoms with Gasteiger partial charge in [-0.3, -0.25) is 4.98 Å². The maximum atomic E-state index is 4.22. The summed E-state index contributed by atoms with van der Waals surface area (Å²) in [6.45, 7) is 0. The average molecular weight is 259 g/mol. The Morgan fingerprint density at radius 2 is 1.10 bits per heavy atom. The van der Waals surface area contributed by atoms with Crippen molar-refractivity contribution in [2.24, 2.45) is 10.2 Å². The number of hydrogen-bond donors (Lipinski definition) is 0. The van der Waals surface area contributed by atoms with E-state index in [2.05, 4.69) is 15.2 Å². The summed E-state index contributed by atoms with van der Waals surface area (Å²) >= 11 is 0. The van der Waals surface area contributed by atoms with Crippen LogP contribution in [0.4, 0.5) is 11.4 Å². The van der Waals surface area contributed by atoms with Crippen molar-refractivity contribution in [3.63, 3.8) is 0 Å². The standard InChI is InChI=1S/C17H13N3/c1-2-4-16(5-3-1)19-20-17-8-6-14(7-9-17)15-10-12-18-13-11-15/h1-13H. The third-order valence-corrected chi connectivity index (χ3v) is 2.92. The number of benzene rings is 2. The summed E-state index contributed by atoms with van der Waals surface area (Å²) in [4.78, 5) is 4.02. The van der Waals surface area contributed by atoms with E-state index in [1.54, 1.807) is 12.4 Å². The largest absolute Gasteiger partial charge is 0.265 e. The van der Waals surface area contributed by atoms with Gasteiger partial charge in [-0.15, -0.1) is 0 Å². The SMILES string of the molecule is c1ccc(N=Nc2ccc(-c3ccncc3)cc2)cc1. The number of azo groups is 1. The molecule has 96 valence electrons. The molecule has 20 heavy (non-hydrogen) atoms. The van der Waals surface area contributed by atoms with Crippen LogP contribution in [-0.4, -0.2) is 4.98 Å². The van der Waals surface area contributed by atoms with Crippen LogP contribution in [0, 0.1) is 0 Å². The predicted molar refractivity (Wildman–Crippen MR) is 80.3 cm³/mol. The Morgan fingerprint density at radius 1 is 0.550 bits per heavy atom. The van der Waals surface area contributed by atoms with E-state index in [1.165, 1.54) is 0 Å². The second kappa shape index (κ2) is 5.89. The van der Waals surface area contributed by atoms with Gasteiger partial charge in [-0.05, 0) is 47.5 Å². The highest BCUT2D eigenvalue weighted by atomic mass is 15.1.